The van der Waals surface area contributed by atoms with E-state index in [1.54, 1.807) is 18.3 Å². The first-order chi connectivity index (χ1) is 19.8. The van der Waals surface area contributed by atoms with Crippen LogP contribution in [0.4, 0.5) is 24.7 Å². The number of nitrogens with zero attached hydrogens (tertiary/aromatic N) is 4. The van der Waals surface area contributed by atoms with Crippen molar-refractivity contribution in [2.75, 3.05) is 49.5 Å². The zero-order chi connectivity index (χ0) is 28.4. The molecule has 0 atom stereocenters. The molecule has 1 N–H and O–H groups in total. The number of nitrogens with one attached hydrogen (secondary N) is 1. The van der Waals surface area contributed by atoms with Crippen molar-refractivity contribution in [2.24, 2.45) is 0 Å². The lowest BCUT2D eigenvalue weighted by Crippen LogP contribution is -2.45. The first kappa shape index (κ1) is 27.4. The lowest BCUT2D eigenvalue weighted by Gasteiger charge is -2.36. The SMILES string of the molecule is O=C(c1ccc(-c2cnc3c(c2)N(Cc2ccccc2OC(F)(F)F)CCN3)cc1)N1CCC(N2CCCC2)CC1. The number of hydrogen-bond donors (Lipinski definition) is 1. The summed E-state index contributed by atoms with van der Waals surface area (Å²) in [6, 6.07) is 16.4. The number of carbonyl (C=O) groups excluding carboxylic acids is 1. The number of carbonyl (C=O) groups is 1. The molecule has 2 saturated heterocycles. The van der Waals surface area contributed by atoms with Crippen LogP contribution in [0.1, 0.15) is 41.6 Å². The predicted molar refractivity (Wildman–Crippen MR) is 152 cm³/mol. The van der Waals surface area contributed by atoms with Gasteiger partial charge in [0.25, 0.3) is 5.91 Å². The molecule has 6 rings (SSSR count). The van der Waals surface area contributed by atoms with E-state index in [2.05, 4.69) is 19.9 Å². The number of halogens is 3. The van der Waals surface area contributed by atoms with Gasteiger partial charge in [-0.3, -0.25) is 4.79 Å². The van der Waals surface area contributed by atoms with Crippen molar-refractivity contribution < 1.29 is 22.7 Å². The van der Waals surface area contributed by atoms with E-state index >= 15 is 0 Å². The van der Waals surface area contributed by atoms with Crippen LogP contribution in [0.15, 0.2) is 60.8 Å². The highest BCUT2D eigenvalue weighted by Gasteiger charge is 2.32. The van der Waals surface area contributed by atoms with Gasteiger partial charge in [-0.05, 0) is 68.6 Å². The highest BCUT2D eigenvalue weighted by molar-refractivity contribution is 5.95. The molecule has 2 aromatic carbocycles. The van der Waals surface area contributed by atoms with Gasteiger partial charge >= 0.3 is 6.36 Å². The number of rotatable bonds is 6. The van der Waals surface area contributed by atoms with Gasteiger partial charge in [0, 0.05) is 61.7 Å². The third-order valence-electron chi connectivity index (χ3n) is 8.32. The fourth-order valence-corrected chi connectivity index (χ4v) is 6.18. The summed E-state index contributed by atoms with van der Waals surface area (Å²) >= 11 is 0. The average Bonchev–Trinajstić information content (AvgIpc) is 3.53. The molecular weight excluding hydrogens is 531 g/mol. The summed E-state index contributed by atoms with van der Waals surface area (Å²) in [6.07, 6.45) is 1.64. The number of alkyl halides is 3. The molecule has 3 aliphatic heterocycles. The van der Waals surface area contributed by atoms with Crippen molar-refractivity contribution in [3.05, 3.63) is 71.9 Å². The number of fused-ring (bicyclic) bond motifs is 1. The average molecular weight is 566 g/mol. The van der Waals surface area contributed by atoms with Crippen LogP contribution in [0, 0.1) is 0 Å². The number of anilines is 2. The Bertz CT molecular complexity index is 1370. The number of ether oxygens (including phenoxy) is 1. The van der Waals surface area contributed by atoms with Gasteiger partial charge in [-0.2, -0.15) is 0 Å². The molecular formula is C31H34F3N5O2. The molecule has 0 radical (unpaired) electrons. The van der Waals surface area contributed by atoms with Crippen LogP contribution >= 0.6 is 0 Å². The number of amides is 1. The van der Waals surface area contributed by atoms with Gasteiger partial charge < -0.3 is 24.8 Å². The van der Waals surface area contributed by atoms with Gasteiger partial charge in [0.05, 0.1) is 5.69 Å². The highest BCUT2D eigenvalue weighted by Crippen LogP contribution is 2.35. The normalized spacial score (nSPS) is 18.2. The van der Waals surface area contributed by atoms with E-state index < -0.39 is 6.36 Å². The van der Waals surface area contributed by atoms with E-state index in [9.17, 15) is 18.0 Å². The summed E-state index contributed by atoms with van der Waals surface area (Å²) in [5.74, 6) is 0.540. The van der Waals surface area contributed by atoms with Gasteiger partial charge in [-0.15, -0.1) is 13.2 Å². The Morgan fingerprint density at radius 2 is 1.68 bits per heavy atom. The van der Waals surface area contributed by atoms with E-state index in [1.807, 2.05) is 40.1 Å². The Kier molecular flexibility index (Phi) is 7.75. The maximum Gasteiger partial charge on any atom is 0.573 e. The third-order valence-corrected chi connectivity index (χ3v) is 8.32. The third kappa shape index (κ3) is 6.27. The standard InChI is InChI=1S/C31H34F3N5O2/c32-31(33,34)41-28-6-2-1-5-24(28)21-39-18-13-35-29-27(39)19-25(20-36-29)22-7-9-23(10-8-22)30(40)38-16-11-26(12-17-38)37-14-3-4-15-37/h1-2,5-10,19-20,26H,3-4,11-18,21H2,(H,35,36). The van der Waals surface area contributed by atoms with Crippen LogP contribution in [-0.2, 0) is 6.54 Å². The van der Waals surface area contributed by atoms with Crippen molar-refractivity contribution in [2.45, 2.75) is 44.6 Å². The molecule has 0 unspecified atom stereocenters. The molecule has 0 bridgehead atoms. The number of likely N-dealkylation sites (tertiary alicyclic amines) is 2. The first-order valence-corrected chi connectivity index (χ1v) is 14.3. The summed E-state index contributed by atoms with van der Waals surface area (Å²) < 4.78 is 43.1. The van der Waals surface area contributed by atoms with Crippen LogP contribution < -0.4 is 15.0 Å². The topological polar surface area (TPSA) is 60.9 Å². The first-order valence-electron chi connectivity index (χ1n) is 14.3. The monoisotopic (exact) mass is 565 g/mol. The maximum atomic E-state index is 13.2. The summed E-state index contributed by atoms with van der Waals surface area (Å²) in [5, 5.41) is 3.27. The number of para-hydroxylation sites is 1. The van der Waals surface area contributed by atoms with Gasteiger partial charge in [-0.25, -0.2) is 4.98 Å². The molecule has 41 heavy (non-hydrogen) atoms. The van der Waals surface area contributed by atoms with E-state index in [-0.39, 0.29) is 18.2 Å². The van der Waals surface area contributed by atoms with E-state index in [1.165, 1.54) is 38.1 Å². The van der Waals surface area contributed by atoms with Crippen molar-refractivity contribution >= 4 is 17.4 Å². The quantitative estimate of drug-likeness (QED) is 0.409. The minimum absolute atomic E-state index is 0.0649. The fourth-order valence-electron chi connectivity index (χ4n) is 6.18. The Labute approximate surface area is 237 Å². The van der Waals surface area contributed by atoms with Gasteiger partial charge in [0.15, 0.2) is 0 Å². The Hall–Kier alpha value is -3.79. The molecule has 10 heteroatoms. The summed E-state index contributed by atoms with van der Waals surface area (Å²) in [5.41, 5.74) is 3.69. The molecule has 4 heterocycles. The van der Waals surface area contributed by atoms with Crippen LogP contribution in [0.25, 0.3) is 11.1 Å². The Morgan fingerprint density at radius 3 is 2.41 bits per heavy atom. The lowest BCUT2D eigenvalue weighted by atomic mass is 10.0. The second-order valence-electron chi connectivity index (χ2n) is 10.9. The predicted octanol–water partition coefficient (Wildman–Crippen LogP) is 5.78. The van der Waals surface area contributed by atoms with Crippen molar-refractivity contribution in [3.8, 4) is 16.9 Å². The molecule has 0 spiro atoms. The van der Waals surface area contributed by atoms with Crippen LogP contribution in [0.2, 0.25) is 0 Å². The molecule has 1 amide bonds. The molecule has 0 aliphatic carbocycles. The highest BCUT2D eigenvalue weighted by atomic mass is 19.4. The lowest BCUT2D eigenvalue weighted by molar-refractivity contribution is -0.274. The number of aromatic nitrogens is 1. The second-order valence-corrected chi connectivity index (χ2v) is 10.9. The largest absolute Gasteiger partial charge is 0.573 e. The minimum atomic E-state index is -4.76. The number of benzene rings is 2. The van der Waals surface area contributed by atoms with Crippen molar-refractivity contribution in [1.82, 2.24) is 14.8 Å². The minimum Gasteiger partial charge on any atom is -0.405 e. The van der Waals surface area contributed by atoms with E-state index in [0.717, 1.165) is 42.7 Å². The zero-order valence-corrected chi connectivity index (χ0v) is 22.9. The van der Waals surface area contributed by atoms with Crippen LogP contribution in [-0.4, -0.2) is 72.4 Å². The number of pyridine rings is 1. The molecule has 2 fully saturated rings. The molecule has 216 valence electrons. The van der Waals surface area contributed by atoms with Crippen molar-refractivity contribution in [1.29, 1.82) is 0 Å². The zero-order valence-electron chi connectivity index (χ0n) is 22.9. The Morgan fingerprint density at radius 1 is 0.951 bits per heavy atom. The van der Waals surface area contributed by atoms with E-state index in [4.69, 9.17) is 0 Å². The van der Waals surface area contributed by atoms with E-state index in [0.29, 0.717) is 36.1 Å². The molecule has 7 nitrogen and oxygen atoms in total. The smallest absolute Gasteiger partial charge is 0.405 e. The van der Waals surface area contributed by atoms with Crippen molar-refractivity contribution in [3.63, 3.8) is 0 Å². The summed E-state index contributed by atoms with van der Waals surface area (Å²) in [4.78, 5) is 24.3. The number of hydrogen-bond acceptors (Lipinski definition) is 6. The number of piperidine rings is 1. The van der Waals surface area contributed by atoms with Gasteiger partial charge in [-0.1, -0.05) is 30.3 Å². The summed E-state index contributed by atoms with van der Waals surface area (Å²) in [6.45, 7) is 5.41. The Balaban J connectivity index is 1.15. The van der Waals surface area contributed by atoms with Gasteiger partial charge in [0.2, 0.25) is 0 Å². The van der Waals surface area contributed by atoms with Crippen LogP contribution in [0.3, 0.4) is 0 Å². The summed E-state index contributed by atoms with van der Waals surface area (Å²) in [7, 11) is 0. The fraction of sp³-hybridized carbons (Fsp3) is 0.419. The van der Waals surface area contributed by atoms with Crippen LogP contribution in [0.5, 0.6) is 5.75 Å². The maximum absolute atomic E-state index is 13.2. The van der Waals surface area contributed by atoms with Gasteiger partial charge in [0.1, 0.15) is 11.6 Å². The molecule has 3 aliphatic rings. The molecule has 0 saturated carbocycles. The molecule has 1 aromatic heterocycles. The second kappa shape index (κ2) is 11.6. The molecule has 3 aromatic rings.